The molecule has 8 rings (SSSR count). The summed E-state index contributed by atoms with van der Waals surface area (Å²) >= 11 is 0. The van der Waals surface area contributed by atoms with E-state index in [-0.39, 0.29) is 5.66 Å². The lowest BCUT2D eigenvalue weighted by molar-refractivity contribution is 0.842. The molecule has 370 valence electrons. The van der Waals surface area contributed by atoms with E-state index in [0.29, 0.717) is 0 Å². The summed E-state index contributed by atoms with van der Waals surface area (Å²) < 4.78 is -0.432. The summed E-state index contributed by atoms with van der Waals surface area (Å²) in [6, 6.07) is 58.7. The Labute approximate surface area is 440 Å². The zero-order valence-corrected chi connectivity index (χ0v) is 50.0. The van der Waals surface area contributed by atoms with Gasteiger partial charge in [-0.05, 0) is 280 Å². The first-order chi connectivity index (χ1) is 34.4. The van der Waals surface area contributed by atoms with Gasteiger partial charge in [-0.2, -0.15) is 0 Å². The van der Waals surface area contributed by atoms with Crippen LogP contribution in [0.1, 0.15) is 102 Å². The Bertz CT molecular complexity index is 2840. The van der Waals surface area contributed by atoms with Gasteiger partial charge in [-0.3, -0.25) is 0 Å². The minimum atomic E-state index is -1.25. The summed E-state index contributed by atoms with van der Waals surface area (Å²) in [7, 11) is -4.83. The van der Waals surface area contributed by atoms with E-state index in [2.05, 4.69) is 263 Å². The lowest BCUT2D eigenvalue weighted by atomic mass is 10.1. The van der Waals surface area contributed by atoms with Crippen molar-refractivity contribution in [3.63, 3.8) is 0 Å². The van der Waals surface area contributed by atoms with Gasteiger partial charge in [-0.25, -0.2) is 0 Å². The Balaban J connectivity index is 1.84. The van der Waals surface area contributed by atoms with Crippen LogP contribution in [0.4, 0.5) is 0 Å². The fourth-order valence-corrected chi connectivity index (χ4v) is 31.6. The van der Waals surface area contributed by atoms with E-state index in [1.807, 2.05) is 0 Å². The van der Waals surface area contributed by atoms with E-state index < -0.39 is 36.3 Å². The first-order valence-corrected chi connectivity index (χ1v) is 31.5. The first-order valence-electron chi connectivity index (χ1n) is 26.1. The van der Waals surface area contributed by atoms with Crippen LogP contribution in [0.15, 0.2) is 146 Å². The molecule has 0 amide bonds. The molecule has 72 heavy (non-hydrogen) atoms. The SMILES string of the molecule is CCC(P(c1cccc(C)c1C)c1cccc(C)c1C)C(P(c1cccc(C)c1C)c1cccc(C)c1C)(P(c1cccc(C)c1C)c1cccc(C)c1C)P(c1cccc(C)c1C)c1cccc(C)c1C. The third kappa shape index (κ3) is 9.48. The lowest BCUT2D eigenvalue weighted by Gasteiger charge is -2.59. The van der Waals surface area contributed by atoms with Gasteiger partial charge < -0.3 is 0 Å². The maximum absolute atomic E-state index is 2.60. The number of aryl methyl sites for hydroxylation is 8. The average molecular weight is 1020 g/mol. The first kappa shape index (κ1) is 53.8. The molecule has 0 saturated carbocycles. The molecule has 0 fully saturated rings. The minimum absolute atomic E-state index is 0.177. The Morgan fingerprint density at radius 3 is 0.611 bits per heavy atom. The van der Waals surface area contributed by atoms with Crippen molar-refractivity contribution in [2.75, 3.05) is 0 Å². The molecule has 8 aromatic carbocycles. The third-order valence-corrected chi connectivity index (χ3v) is 33.0. The van der Waals surface area contributed by atoms with Crippen molar-refractivity contribution in [1.82, 2.24) is 0 Å². The molecule has 0 aliphatic heterocycles. The fraction of sp³-hybridized carbons (Fsp3) is 0.294. The highest BCUT2D eigenvalue weighted by Crippen LogP contribution is 2.84. The lowest BCUT2D eigenvalue weighted by Crippen LogP contribution is -2.52. The van der Waals surface area contributed by atoms with Crippen LogP contribution in [0.25, 0.3) is 0 Å². The maximum atomic E-state index is 2.60. The molecular weight excluding hydrogens is 941 g/mol. The molecule has 4 heteroatoms. The van der Waals surface area contributed by atoms with Crippen LogP contribution in [0.5, 0.6) is 0 Å². The molecule has 0 radical (unpaired) electrons. The van der Waals surface area contributed by atoms with Gasteiger partial charge in [0.1, 0.15) is 0 Å². The van der Waals surface area contributed by atoms with Gasteiger partial charge in [-0.1, -0.05) is 153 Å². The van der Waals surface area contributed by atoms with E-state index in [4.69, 9.17) is 0 Å². The highest BCUT2D eigenvalue weighted by Gasteiger charge is 2.62. The highest BCUT2D eigenvalue weighted by atomic mass is 31.2. The number of rotatable bonds is 14. The van der Waals surface area contributed by atoms with E-state index in [9.17, 15) is 0 Å². The molecule has 1 atom stereocenters. The average Bonchev–Trinajstić information content (AvgIpc) is 3.35. The molecule has 0 aromatic heterocycles. The zero-order valence-electron chi connectivity index (χ0n) is 46.4. The van der Waals surface area contributed by atoms with E-state index >= 15 is 0 Å². The number of hydrogen-bond donors (Lipinski definition) is 0. The Kier molecular flexibility index (Phi) is 16.5. The van der Waals surface area contributed by atoms with E-state index in [0.717, 1.165) is 6.42 Å². The molecule has 0 aliphatic rings. The minimum Gasteiger partial charge on any atom is -0.0647 e. The van der Waals surface area contributed by atoms with Crippen molar-refractivity contribution >= 4 is 74.1 Å². The predicted molar refractivity (Wildman–Crippen MR) is 329 cm³/mol. The second kappa shape index (κ2) is 22.1. The summed E-state index contributed by atoms with van der Waals surface area (Å²) in [5, 5.41) is 12.2. The van der Waals surface area contributed by atoms with Crippen LogP contribution in [-0.4, -0.2) is 10.3 Å². The second-order valence-electron chi connectivity index (χ2n) is 20.7. The van der Waals surface area contributed by atoms with Crippen molar-refractivity contribution in [2.45, 2.75) is 134 Å². The molecule has 0 saturated heterocycles. The van der Waals surface area contributed by atoms with Gasteiger partial charge in [0.2, 0.25) is 0 Å². The Hall–Kier alpha value is -4.52. The summed E-state index contributed by atoms with van der Waals surface area (Å²) in [6.45, 7) is 41.1. The molecule has 0 nitrogen and oxygen atoms in total. The van der Waals surface area contributed by atoms with Gasteiger partial charge in [0.25, 0.3) is 0 Å². The van der Waals surface area contributed by atoms with Crippen molar-refractivity contribution in [2.24, 2.45) is 0 Å². The Morgan fingerprint density at radius 2 is 0.431 bits per heavy atom. The summed E-state index contributed by atoms with van der Waals surface area (Å²) in [6.07, 6.45) is 1.00. The number of hydrogen-bond acceptors (Lipinski definition) is 0. The van der Waals surface area contributed by atoms with E-state index in [1.165, 1.54) is 131 Å². The van der Waals surface area contributed by atoms with Crippen molar-refractivity contribution in [3.05, 3.63) is 235 Å². The quantitative estimate of drug-likeness (QED) is 0.0953. The molecule has 0 spiro atoms. The summed E-state index contributed by atoms with van der Waals surface area (Å²) in [5.74, 6) is 0. The zero-order chi connectivity index (χ0) is 51.9. The van der Waals surface area contributed by atoms with Gasteiger partial charge >= 0.3 is 0 Å². The van der Waals surface area contributed by atoms with Gasteiger partial charge in [0.05, 0.1) is 4.64 Å². The third-order valence-electron chi connectivity index (χ3n) is 16.7. The molecule has 1 unspecified atom stereocenters. The van der Waals surface area contributed by atoms with Crippen molar-refractivity contribution in [3.8, 4) is 0 Å². The molecule has 0 aliphatic carbocycles. The molecule has 0 heterocycles. The molecule has 0 N–H and O–H groups in total. The van der Waals surface area contributed by atoms with Crippen molar-refractivity contribution in [1.29, 1.82) is 0 Å². The maximum Gasteiger partial charge on any atom is 0.0619 e. The van der Waals surface area contributed by atoms with Crippen LogP contribution in [0, 0.1) is 111 Å². The van der Waals surface area contributed by atoms with Crippen LogP contribution in [0.2, 0.25) is 0 Å². The highest BCUT2D eigenvalue weighted by molar-refractivity contribution is 8.06. The standard InChI is InChI=1S/C68H78P4/c1-18-67(69(59-35-19-27-43(2)51(59)10)60-36-20-28-44(3)52(60)11)68(70(61-37-21-29-45(4)53(61)12)62-38-22-30-46(5)54(62)13,71(63-39-23-31-47(6)55(63)14)64-40-24-32-48(7)56(64)15)72(65-41-25-33-49(8)57(65)16)66-42-26-34-50(9)58(66)17/h19-42,67H,18H2,1-17H3. The molecular formula is C68H78P4. The molecule has 8 aromatic rings. The second-order valence-corrected chi connectivity index (χ2v) is 31.1. The van der Waals surface area contributed by atoms with Gasteiger partial charge in [0.15, 0.2) is 0 Å². The smallest absolute Gasteiger partial charge is 0.0619 e. The van der Waals surface area contributed by atoms with Crippen molar-refractivity contribution < 1.29 is 0 Å². The summed E-state index contributed by atoms with van der Waals surface area (Å²) in [4.78, 5) is 0. The van der Waals surface area contributed by atoms with Crippen LogP contribution in [-0.2, 0) is 0 Å². The van der Waals surface area contributed by atoms with Gasteiger partial charge in [-0.15, -0.1) is 0 Å². The van der Waals surface area contributed by atoms with Crippen LogP contribution >= 0.6 is 31.7 Å². The summed E-state index contributed by atoms with van der Waals surface area (Å²) in [5.41, 5.74) is 22.6. The topological polar surface area (TPSA) is 0 Å². The normalized spacial score (nSPS) is 12.5. The molecule has 0 bridgehead atoms. The Morgan fingerprint density at radius 1 is 0.264 bits per heavy atom. The van der Waals surface area contributed by atoms with Crippen LogP contribution in [0.3, 0.4) is 0 Å². The number of benzene rings is 8. The van der Waals surface area contributed by atoms with E-state index in [1.54, 1.807) is 0 Å². The predicted octanol–water partition coefficient (Wildman–Crippen LogP) is 15.9. The fourth-order valence-electron chi connectivity index (χ4n) is 11.2. The monoisotopic (exact) mass is 1020 g/mol. The largest absolute Gasteiger partial charge is 0.0647 e. The van der Waals surface area contributed by atoms with Gasteiger partial charge in [0, 0.05) is 5.66 Å². The van der Waals surface area contributed by atoms with Crippen LogP contribution < -0.4 is 42.4 Å².